The summed E-state index contributed by atoms with van der Waals surface area (Å²) in [6.07, 6.45) is 1.58. The van der Waals surface area contributed by atoms with Crippen LogP contribution in [0.4, 0.5) is 16.3 Å². The van der Waals surface area contributed by atoms with Crippen molar-refractivity contribution in [2.45, 2.75) is 26.6 Å². The van der Waals surface area contributed by atoms with Crippen molar-refractivity contribution < 1.29 is 14.4 Å². The summed E-state index contributed by atoms with van der Waals surface area (Å²) in [5.74, 6) is 1.19. The first-order valence-electron chi connectivity index (χ1n) is 12.0. The third-order valence-electron chi connectivity index (χ3n) is 6.20. The normalized spacial score (nSPS) is 12.5. The van der Waals surface area contributed by atoms with Crippen LogP contribution in [0.25, 0.3) is 0 Å². The highest BCUT2D eigenvalue weighted by molar-refractivity contribution is 5.94. The SMILES string of the molecule is Cc1nc(C(=O)NCc2ccc(NC(=O)N(C)C)cc2)c2n1CCN(c1ccc(C(=O)N(C)C)cn1)C2. The first kappa shape index (κ1) is 25.7. The second kappa shape index (κ2) is 10.7. The molecule has 1 aliphatic heterocycles. The van der Waals surface area contributed by atoms with Crippen molar-refractivity contribution in [3.05, 3.63) is 70.9 Å². The van der Waals surface area contributed by atoms with Crippen LogP contribution in [0.3, 0.4) is 0 Å². The monoisotopic (exact) mass is 504 g/mol. The minimum Gasteiger partial charge on any atom is -0.349 e. The third kappa shape index (κ3) is 5.71. The summed E-state index contributed by atoms with van der Waals surface area (Å²) >= 11 is 0. The standard InChI is InChI=1S/C26H32N8O3/c1-17-29-23(24(35)28-14-18-6-9-20(10-7-18)30-26(37)32(4)5)21-16-33(12-13-34(17)21)22-11-8-19(15-27-22)25(36)31(2)3/h6-11,15H,12-14,16H2,1-5H3,(H,28,35)(H,30,37). The van der Waals surface area contributed by atoms with Crippen LogP contribution >= 0.6 is 0 Å². The maximum absolute atomic E-state index is 13.1. The Balaban J connectivity index is 1.42. The number of aromatic nitrogens is 3. The maximum Gasteiger partial charge on any atom is 0.321 e. The second-order valence-electron chi connectivity index (χ2n) is 9.34. The second-order valence-corrected chi connectivity index (χ2v) is 9.34. The van der Waals surface area contributed by atoms with Gasteiger partial charge in [-0.25, -0.2) is 14.8 Å². The number of pyridine rings is 1. The molecule has 1 aliphatic rings. The topological polar surface area (TPSA) is 116 Å². The molecule has 3 aromatic rings. The Morgan fingerprint density at radius 2 is 1.70 bits per heavy atom. The number of benzene rings is 1. The minimum atomic E-state index is -0.247. The van der Waals surface area contributed by atoms with Gasteiger partial charge in [-0.2, -0.15) is 0 Å². The Morgan fingerprint density at radius 1 is 0.973 bits per heavy atom. The zero-order valence-electron chi connectivity index (χ0n) is 21.8. The quantitative estimate of drug-likeness (QED) is 0.532. The fourth-order valence-electron chi connectivity index (χ4n) is 4.09. The van der Waals surface area contributed by atoms with E-state index in [0.29, 0.717) is 36.6 Å². The van der Waals surface area contributed by atoms with Crippen molar-refractivity contribution in [1.29, 1.82) is 0 Å². The van der Waals surface area contributed by atoms with Crippen LogP contribution in [0, 0.1) is 6.92 Å². The van der Waals surface area contributed by atoms with Crippen molar-refractivity contribution >= 4 is 29.4 Å². The van der Waals surface area contributed by atoms with E-state index >= 15 is 0 Å². The number of fused-ring (bicyclic) bond motifs is 1. The summed E-state index contributed by atoms with van der Waals surface area (Å²) in [4.78, 5) is 51.1. The molecule has 2 N–H and O–H groups in total. The molecule has 194 valence electrons. The highest BCUT2D eigenvalue weighted by Gasteiger charge is 2.27. The van der Waals surface area contributed by atoms with Gasteiger partial charge in [0.15, 0.2) is 5.69 Å². The van der Waals surface area contributed by atoms with Crippen LogP contribution in [-0.4, -0.2) is 76.9 Å². The van der Waals surface area contributed by atoms with Crippen molar-refractivity contribution in [3.8, 4) is 0 Å². The van der Waals surface area contributed by atoms with Gasteiger partial charge in [0.1, 0.15) is 11.6 Å². The Hall–Kier alpha value is -4.41. The Morgan fingerprint density at radius 3 is 2.32 bits per heavy atom. The average Bonchev–Trinajstić information content (AvgIpc) is 3.23. The number of nitrogens with one attached hydrogen (secondary N) is 2. The van der Waals surface area contributed by atoms with E-state index in [1.807, 2.05) is 25.1 Å². The lowest BCUT2D eigenvalue weighted by Crippen LogP contribution is -2.36. The smallest absolute Gasteiger partial charge is 0.321 e. The van der Waals surface area contributed by atoms with Crippen LogP contribution in [0.2, 0.25) is 0 Å². The first-order valence-corrected chi connectivity index (χ1v) is 12.0. The largest absolute Gasteiger partial charge is 0.349 e. The zero-order valence-corrected chi connectivity index (χ0v) is 21.8. The summed E-state index contributed by atoms with van der Waals surface area (Å²) in [6, 6.07) is 10.7. The highest BCUT2D eigenvalue weighted by atomic mass is 16.2. The van der Waals surface area contributed by atoms with Gasteiger partial charge in [0.25, 0.3) is 11.8 Å². The van der Waals surface area contributed by atoms with Gasteiger partial charge in [-0.3, -0.25) is 9.59 Å². The fraction of sp³-hybridized carbons (Fsp3) is 0.346. The van der Waals surface area contributed by atoms with Crippen LogP contribution in [0.1, 0.15) is 37.9 Å². The minimum absolute atomic E-state index is 0.0988. The molecule has 4 amide bonds. The Bertz CT molecular complexity index is 1300. The predicted octanol–water partition coefficient (Wildman–Crippen LogP) is 2.33. The van der Waals surface area contributed by atoms with E-state index in [1.54, 1.807) is 52.6 Å². The molecule has 11 nitrogen and oxygen atoms in total. The van der Waals surface area contributed by atoms with Crippen molar-refractivity contribution in [1.82, 2.24) is 29.7 Å². The van der Waals surface area contributed by atoms with Gasteiger partial charge in [-0.05, 0) is 36.8 Å². The zero-order chi connectivity index (χ0) is 26.7. The molecule has 0 bridgehead atoms. The number of anilines is 2. The molecule has 0 saturated heterocycles. The van der Waals surface area contributed by atoms with Crippen LogP contribution in [0.5, 0.6) is 0 Å². The molecule has 0 atom stereocenters. The number of aryl methyl sites for hydroxylation is 1. The first-order chi connectivity index (χ1) is 17.6. The molecule has 2 aromatic heterocycles. The van der Waals surface area contributed by atoms with E-state index in [9.17, 15) is 14.4 Å². The number of urea groups is 1. The molecule has 1 aromatic carbocycles. The Kier molecular flexibility index (Phi) is 7.42. The van der Waals surface area contributed by atoms with Crippen molar-refractivity contribution in [2.24, 2.45) is 0 Å². The lowest BCUT2D eigenvalue weighted by atomic mass is 10.2. The number of rotatable bonds is 6. The molecule has 4 rings (SSSR count). The molecule has 11 heteroatoms. The van der Waals surface area contributed by atoms with Crippen molar-refractivity contribution in [2.75, 3.05) is 45.0 Å². The number of carbonyl (C=O) groups excluding carboxylic acids is 3. The van der Waals surface area contributed by atoms with E-state index < -0.39 is 0 Å². The van der Waals surface area contributed by atoms with E-state index in [2.05, 4.69) is 30.1 Å². The van der Waals surface area contributed by atoms with Gasteiger partial charge in [-0.1, -0.05) is 12.1 Å². The van der Waals surface area contributed by atoms with Gasteiger partial charge < -0.3 is 29.9 Å². The Labute approximate surface area is 216 Å². The number of hydrogen-bond donors (Lipinski definition) is 2. The van der Waals surface area contributed by atoms with E-state index in [1.165, 1.54) is 9.80 Å². The van der Waals surface area contributed by atoms with Gasteiger partial charge in [0.05, 0.1) is 17.8 Å². The molecule has 0 fully saturated rings. The number of imidazole rings is 1. The van der Waals surface area contributed by atoms with Crippen LogP contribution < -0.4 is 15.5 Å². The molecule has 0 aliphatic carbocycles. The van der Waals surface area contributed by atoms with Gasteiger partial charge in [0, 0.05) is 59.7 Å². The summed E-state index contributed by atoms with van der Waals surface area (Å²) < 4.78 is 2.07. The molecule has 37 heavy (non-hydrogen) atoms. The van der Waals surface area contributed by atoms with E-state index in [-0.39, 0.29) is 17.8 Å². The molecule has 0 spiro atoms. The number of carbonyl (C=O) groups is 3. The summed E-state index contributed by atoms with van der Waals surface area (Å²) in [6.45, 7) is 4.12. The predicted molar refractivity (Wildman–Crippen MR) is 141 cm³/mol. The number of nitrogens with zero attached hydrogens (tertiary/aromatic N) is 6. The molecule has 0 unspecified atom stereocenters. The number of hydrogen-bond acceptors (Lipinski definition) is 6. The molecular weight excluding hydrogens is 472 g/mol. The fourth-order valence-corrected chi connectivity index (χ4v) is 4.09. The summed E-state index contributed by atoms with van der Waals surface area (Å²) in [7, 11) is 6.76. The molecule has 3 heterocycles. The highest BCUT2D eigenvalue weighted by Crippen LogP contribution is 2.23. The van der Waals surface area contributed by atoms with E-state index in [4.69, 9.17) is 0 Å². The summed E-state index contributed by atoms with van der Waals surface area (Å²) in [5.41, 5.74) is 3.34. The average molecular weight is 505 g/mol. The molecule has 0 radical (unpaired) electrons. The molecular formula is C26H32N8O3. The third-order valence-corrected chi connectivity index (χ3v) is 6.20. The van der Waals surface area contributed by atoms with Crippen LogP contribution in [0.15, 0.2) is 42.6 Å². The summed E-state index contributed by atoms with van der Waals surface area (Å²) in [5, 5.41) is 5.74. The van der Waals surface area contributed by atoms with Gasteiger partial charge in [-0.15, -0.1) is 0 Å². The number of amides is 4. The lowest BCUT2D eigenvalue weighted by molar-refractivity contribution is 0.0826. The van der Waals surface area contributed by atoms with Crippen LogP contribution in [-0.2, 0) is 19.6 Å². The van der Waals surface area contributed by atoms with Gasteiger partial charge >= 0.3 is 6.03 Å². The van der Waals surface area contributed by atoms with Gasteiger partial charge in [0.2, 0.25) is 0 Å². The van der Waals surface area contributed by atoms with Crippen molar-refractivity contribution in [3.63, 3.8) is 0 Å². The van der Waals surface area contributed by atoms with E-state index in [0.717, 1.165) is 29.4 Å². The maximum atomic E-state index is 13.1. The lowest BCUT2D eigenvalue weighted by Gasteiger charge is -2.30. The molecule has 0 saturated carbocycles.